The minimum atomic E-state index is -0.00486. The maximum Gasteiger partial charge on any atom is 0.301 e. The smallest absolute Gasteiger partial charge is 0.301 e. The third-order valence-corrected chi connectivity index (χ3v) is 12.2. The number of pyridine rings is 3. The molecule has 0 atom stereocenters. The van der Waals surface area contributed by atoms with Gasteiger partial charge in [-0.3, -0.25) is 0 Å². The summed E-state index contributed by atoms with van der Waals surface area (Å²) in [5.74, 6) is 1.27. The fourth-order valence-electron chi connectivity index (χ4n) is 9.19. The lowest BCUT2D eigenvalue weighted by molar-refractivity contribution is -0.679. The fraction of sp³-hybridized carbons (Fsp3) is 0.319. The van der Waals surface area contributed by atoms with Gasteiger partial charge in [0.15, 0.2) is 12.7 Å². The van der Waals surface area contributed by atoms with E-state index in [-0.39, 0.29) is 16.2 Å². The van der Waals surface area contributed by atoms with E-state index in [9.17, 15) is 0 Å². The molecule has 7 heterocycles. The lowest BCUT2D eigenvalue weighted by Crippen LogP contribution is -2.43. The van der Waals surface area contributed by atoms with Gasteiger partial charge in [0.05, 0.1) is 23.1 Å². The zero-order valence-electron chi connectivity index (χ0n) is 31.8. The van der Waals surface area contributed by atoms with E-state index in [4.69, 9.17) is 0 Å². The maximum absolute atomic E-state index is 2.66. The van der Waals surface area contributed by atoms with Crippen LogP contribution >= 0.6 is 0 Å². The Hall–Kier alpha value is -4.96. The summed E-state index contributed by atoms with van der Waals surface area (Å²) in [5, 5.41) is 8.03. The third-order valence-electron chi connectivity index (χ3n) is 12.2. The van der Waals surface area contributed by atoms with Gasteiger partial charge in [0, 0.05) is 44.8 Å². The summed E-state index contributed by atoms with van der Waals surface area (Å²) >= 11 is 0. The van der Waals surface area contributed by atoms with E-state index < -0.39 is 0 Å². The standard InChI is InChI=1S/C47H48N4/c1-27-31-13-11-12-14-32(31)43-49(27)26-41-37-25-48-20-19-29(46(5,6)7)24-40(48)36-23-30(47(8,9)10)22-35(42(36)37)39-18-16-33-34-21-28(45(2,3)4)15-17-38(34)51(43)44(33)50(39)41/h11-24H,25-26H2,1-10H3/q+2. The zero-order valence-corrected chi connectivity index (χ0v) is 31.8. The predicted molar refractivity (Wildman–Crippen MR) is 212 cm³/mol. The molecule has 0 saturated carbocycles. The monoisotopic (exact) mass is 668 g/mol. The second-order valence-electron chi connectivity index (χ2n) is 18.4. The molecule has 3 aromatic carbocycles. The van der Waals surface area contributed by atoms with Crippen LogP contribution in [0.3, 0.4) is 0 Å². The number of aryl methyl sites for hydroxylation is 1. The van der Waals surface area contributed by atoms with Crippen LogP contribution in [-0.4, -0.2) is 9.13 Å². The van der Waals surface area contributed by atoms with Crippen molar-refractivity contribution in [2.45, 2.75) is 98.6 Å². The van der Waals surface area contributed by atoms with Gasteiger partial charge in [-0.1, -0.05) is 86.6 Å². The largest absolute Gasteiger partial charge is 0.303 e. The number of fused-ring (bicyclic) bond motifs is 11. The van der Waals surface area contributed by atoms with Crippen LogP contribution in [0.25, 0.3) is 66.1 Å². The molecule has 0 N–H and O–H groups in total. The lowest BCUT2D eigenvalue weighted by atomic mass is 9.80. The number of rotatable bonds is 0. The van der Waals surface area contributed by atoms with Crippen LogP contribution in [-0.2, 0) is 29.3 Å². The maximum atomic E-state index is 2.66. The Kier molecular flexibility index (Phi) is 5.85. The number of aromatic nitrogens is 4. The van der Waals surface area contributed by atoms with Gasteiger partial charge < -0.3 is 4.57 Å². The number of benzene rings is 3. The Labute approximate surface area is 300 Å². The number of hydrogen-bond acceptors (Lipinski definition) is 0. The molecular formula is C47H48N4+2. The first kappa shape index (κ1) is 30.8. The summed E-state index contributed by atoms with van der Waals surface area (Å²) in [6, 6.07) is 30.9. The van der Waals surface area contributed by atoms with Crippen LogP contribution in [0.1, 0.15) is 96.0 Å². The molecule has 0 bridgehead atoms. The summed E-state index contributed by atoms with van der Waals surface area (Å²) in [4.78, 5) is 0. The molecule has 0 saturated heterocycles. The highest BCUT2D eigenvalue weighted by Crippen LogP contribution is 2.44. The zero-order chi connectivity index (χ0) is 35.5. The highest BCUT2D eigenvalue weighted by atomic mass is 15.2. The molecule has 0 fully saturated rings. The van der Waals surface area contributed by atoms with Crippen molar-refractivity contribution in [3.63, 3.8) is 0 Å². The van der Waals surface area contributed by atoms with Gasteiger partial charge in [-0.05, 0) is 82.3 Å². The van der Waals surface area contributed by atoms with E-state index in [0.717, 1.165) is 13.1 Å². The Morgan fingerprint density at radius 2 is 1.31 bits per heavy atom. The first-order valence-electron chi connectivity index (χ1n) is 18.7. The minimum Gasteiger partial charge on any atom is -0.303 e. The molecule has 0 spiro atoms. The second kappa shape index (κ2) is 9.67. The van der Waals surface area contributed by atoms with Crippen LogP contribution in [0.5, 0.6) is 0 Å². The van der Waals surface area contributed by atoms with Crippen LogP contribution in [0, 0.1) is 6.92 Å². The molecule has 4 heteroatoms. The van der Waals surface area contributed by atoms with Crippen LogP contribution in [0.15, 0.2) is 85.1 Å². The molecule has 51 heavy (non-hydrogen) atoms. The van der Waals surface area contributed by atoms with Gasteiger partial charge in [0.2, 0.25) is 11.5 Å². The second-order valence-corrected chi connectivity index (χ2v) is 18.4. The molecule has 2 aliphatic heterocycles. The van der Waals surface area contributed by atoms with Gasteiger partial charge >= 0.3 is 5.65 Å². The van der Waals surface area contributed by atoms with Crippen LogP contribution in [0.4, 0.5) is 0 Å². The quantitative estimate of drug-likeness (QED) is 0.113. The van der Waals surface area contributed by atoms with Gasteiger partial charge in [0.1, 0.15) is 16.7 Å². The van der Waals surface area contributed by atoms with Crippen molar-refractivity contribution in [3.05, 3.63) is 119 Å². The highest BCUT2D eigenvalue weighted by Gasteiger charge is 2.39. The topological polar surface area (TPSA) is 17.8 Å². The molecule has 0 aliphatic carbocycles. The molecule has 0 amide bonds. The Balaban J connectivity index is 1.45. The average molecular weight is 669 g/mol. The van der Waals surface area contributed by atoms with E-state index in [1.807, 2.05) is 0 Å². The summed E-state index contributed by atoms with van der Waals surface area (Å²) in [5.41, 5.74) is 14.9. The lowest BCUT2D eigenvalue weighted by Gasteiger charge is -2.26. The molecule has 0 unspecified atom stereocenters. The van der Waals surface area contributed by atoms with Crippen molar-refractivity contribution in [3.8, 4) is 17.1 Å². The first-order valence-corrected chi connectivity index (χ1v) is 18.7. The summed E-state index contributed by atoms with van der Waals surface area (Å²) in [6.45, 7) is 25.0. The molecule has 254 valence electrons. The van der Waals surface area contributed by atoms with E-state index >= 15 is 0 Å². The summed E-state index contributed by atoms with van der Waals surface area (Å²) in [6.07, 6.45) is 2.35. The molecule has 10 rings (SSSR count). The third kappa shape index (κ3) is 4.08. The van der Waals surface area contributed by atoms with Crippen LogP contribution < -0.4 is 8.97 Å². The highest BCUT2D eigenvalue weighted by molar-refractivity contribution is 6.11. The fourth-order valence-corrected chi connectivity index (χ4v) is 9.19. The van der Waals surface area contributed by atoms with E-state index in [0.29, 0.717) is 0 Å². The van der Waals surface area contributed by atoms with E-state index in [2.05, 4.69) is 172 Å². The normalized spacial score (nSPS) is 14.3. The summed E-state index contributed by atoms with van der Waals surface area (Å²) < 4.78 is 10.4. The molecule has 4 nitrogen and oxygen atoms in total. The predicted octanol–water partition coefficient (Wildman–Crippen LogP) is 10.5. The van der Waals surface area contributed by atoms with Crippen LogP contribution in [0.2, 0.25) is 0 Å². The first-order chi connectivity index (χ1) is 24.1. The molecular weight excluding hydrogens is 621 g/mol. The van der Waals surface area contributed by atoms with E-state index in [1.165, 1.54) is 99.7 Å². The van der Waals surface area contributed by atoms with Crippen molar-refractivity contribution in [1.82, 2.24) is 9.13 Å². The van der Waals surface area contributed by atoms with Crippen molar-refractivity contribution in [2.24, 2.45) is 0 Å². The number of hydrogen-bond donors (Lipinski definition) is 0. The molecule has 2 aliphatic rings. The summed E-state index contributed by atoms with van der Waals surface area (Å²) in [7, 11) is 0. The molecule has 8 aromatic rings. The minimum absolute atomic E-state index is 0.00486. The SMILES string of the molecule is Cc1c2ccccc2c2n1Cc1c3c4c(cc(C(C)(C)C)cc4c4ccc5c6cc(C(C)(C)C)ccc6n-2c5[n+]14)-c1cc(C(C)(C)C)cc[n+]1C3. The Morgan fingerprint density at radius 1 is 0.627 bits per heavy atom. The van der Waals surface area contributed by atoms with Crippen molar-refractivity contribution >= 4 is 49.0 Å². The Morgan fingerprint density at radius 3 is 2.04 bits per heavy atom. The van der Waals surface area contributed by atoms with Gasteiger partial charge in [-0.25, -0.2) is 0 Å². The van der Waals surface area contributed by atoms with Crippen molar-refractivity contribution in [2.75, 3.05) is 0 Å². The average Bonchev–Trinajstić information content (AvgIpc) is 3.48. The molecule has 0 radical (unpaired) electrons. The number of nitrogens with zero attached hydrogens (tertiary/aromatic N) is 4. The van der Waals surface area contributed by atoms with Gasteiger partial charge in [0.25, 0.3) is 0 Å². The van der Waals surface area contributed by atoms with Crippen molar-refractivity contribution in [1.29, 1.82) is 0 Å². The van der Waals surface area contributed by atoms with Crippen molar-refractivity contribution < 1.29 is 8.97 Å². The van der Waals surface area contributed by atoms with E-state index in [1.54, 1.807) is 0 Å². The van der Waals surface area contributed by atoms with Gasteiger partial charge in [-0.15, -0.1) is 0 Å². The molecule has 5 aromatic heterocycles. The van der Waals surface area contributed by atoms with Gasteiger partial charge in [-0.2, -0.15) is 13.5 Å². The Bertz CT molecular complexity index is 2850.